The van der Waals surface area contributed by atoms with E-state index >= 15 is 0 Å². The molecule has 0 saturated heterocycles. The molecule has 19 heavy (non-hydrogen) atoms. The molecule has 0 aromatic carbocycles. The highest BCUT2D eigenvalue weighted by Gasteiger charge is 2.31. The van der Waals surface area contributed by atoms with Gasteiger partial charge >= 0.3 is 5.97 Å². The van der Waals surface area contributed by atoms with Crippen molar-refractivity contribution in [1.29, 1.82) is 0 Å². The van der Waals surface area contributed by atoms with Crippen LogP contribution in [0.3, 0.4) is 0 Å². The Kier molecular flexibility index (Phi) is 5.38. The van der Waals surface area contributed by atoms with Crippen LogP contribution >= 0.6 is 11.6 Å². The maximum Gasteiger partial charge on any atom is 0.323 e. The van der Waals surface area contributed by atoms with E-state index in [1.165, 1.54) is 0 Å². The van der Waals surface area contributed by atoms with E-state index < -0.39 is 11.5 Å². The van der Waals surface area contributed by atoms with Gasteiger partial charge in [0.05, 0.1) is 16.4 Å². The highest BCUT2D eigenvalue weighted by atomic mass is 35.5. The molecule has 1 aromatic rings. The Balaban J connectivity index is 2.62. The van der Waals surface area contributed by atoms with Crippen LogP contribution in [0.4, 0.5) is 0 Å². The van der Waals surface area contributed by atoms with Crippen molar-refractivity contribution in [3.05, 3.63) is 16.4 Å². The van der Waals surface area contributed by atoms with Gasteiger partial charge in [0.2, 0.25) is 0 Å². The molecule has 0 fully saturated rings. The molecule has 0 aliphatic rings. The summed E-state index contributed by atoms with van der Waals surface area (Å²) < 4.78 is 1.84. The smallest absolute Gasteiger partial charge is 0.323 e. The van der Waals surface area contributed by atoms with Crippen LogP contribution in [-0.4, -0.2) is 32.9 Å². The zero-order valence-corrected chi connectivity index (χ0v) is 12.7. The van der Waals surface area contributed by atoms with Crippen molar-refractivity contribution in [2.45, 2.75) is 52.6 Å². The van der Waals surface area contributed by atoms with Crippen molar-refractivity contribution in [2.75, 3.05) is 6.54 Å². The average Bonchev–Trinajstić information content (AvgIpc) is 2.57. The molecule has 0 aliphatic carbocycles. The SMILES string of the molecule is CCNC(C)(CCCn1nc(C)c(Cl)c1C)C(=O)O. The predicted octanol–water partition coefficient (Wildman–Crippen LogP) is 2.39. The molecule has 0 bridgehead atoms. The normalized spacial score (nSPS) is 14.4. The molecule has 5 nitrogen and oxygen atoms in total. The van der Waals surface area contributed by atoms with E-state index in [0.717, 1.165) is 17.8 Å². The largest absolute Gasteiger partial charge is 0.480 e. The maximum atomic E-state index is 11.3. The minimum Gasteiger partial charge on any atom is -0.480 e. The quantitative estimate of drug-likeness (QED) is 0.808. The monoisotopic (exact) mass is 287 g/mol. The van der Waals surface area contributed by atoms with Crippen molar-refractivity contribution in [3.8, 4) is 0 Å². The van der Waals surface area contributed by atoms with Gasteiger partial charge in [0.1, 0.15) is 5.54 Å². The standard InChI is InChI=1S/C13H22ClN3O2/c1-5-15-13(4,12(18)19)7-6-8-17-10(3)11(14)9(2)16-17/h15H,5-8H2,1-4H3,(H,18,19). The Labute approximate surface area is 118 Å². The molecule has 108 valence electrons. The Morgan fingerprint density at radius 3 is 2.58 bits per heavy atom. The molecule has 6 heteroatoms. The van der Waals surface area contributed by atoms with Gasteiger partial charge in [0, 0.05) is 6.54 Å². The number of aliphatic carboxylic acids is 1. The summed E-state index contributed by atoms with van der Waals surface area (Å²) in [5, 5.41) is 17.3. The van der Waals surface area contributed by atoms with Crippen LogP contribution in [0.5, 0.6) is 0 Å². The van der Waals surface area contributed by atoms with Crippen molar-refractivity contribution in [3.63, 3.8) is 0 Å². The topological polar surface area (TPSA) is 67.2 Å². The van der Waals surface area contributed by atoms with Gasteiger partial charge in [0.15, 0.2) is 0 Å². The summed E-state index contributed by atoms with van der Waals surface area (Å²) in [6.07, 6.45) is 1.28. The predicted molar refractivity (Wildman–Crippen MR) is 75.7 cm³/mol. The second kappa shape index (κ2) is 6.39. The van der Waals surface area contributed by atoms with Gasteiger partial charge in [-0.25, -0.2) is 0 Å². The van der Waals surface area contributed by atoms with Crippen molar-refractivity contribution >= 4 is 17.6 Å². The van der Waals surface area contributed by atoms with E-state index in [-0.39, 0.29) is 0 Å². The molecular weight excluding hydrogens is 266 g/mol. The van der Waals surface area contributed by atoms with E-state index in [1.807, 2.05) is 25.5 Å². The zero-order chi connectivity index (χ0) is 14.6. The second-order valence-corrected chi connectivity index (χ2v) is 5.36. The lowest BCUT2D eigenvalue weighted by molar-refractivity contribution is -0.144. The first kappa shape index (κ1) is 16.0. The number of likely N-dealkylation sites (N-methyl/N-ethyl adjacent to an activating group) is 1. The molecule has 1 atom stereocenters. The molecule has 0 saturated carbocycles. The molecule has 0 radical (unpaired) electrons. The van der Waals surface area contributed by atoms with Crippen molar-refractivity contribution in [1.82, 2.24) is 15.1 Å². The van der Waals surface area contributed by atoms with Crippen molar-refractivity contribution < 1.29 is 9.90 Å². The lowest BCUT2D eigenvalue weighted by atomic mass is 9.96. The third-order valence-corrected chi connectivity index (χ3v) is 3.93. The minimum absolute atomic E-state index is 0.548. The summed E-state index contributed by atoms with van der Waals surface area (Å²) >= 11 is 6.08. The fraction of sp³-hybridized carbons (Fsp3) is 0.692. The van der Waals surface area contributed by atoms with Gasteiger partial charge in [-0.15, -0.1) is 0 Å². The Morgan fingerprint density at radius 2 is 2.16 bits per heavy atom. The van der Waals surface area contributed by atoms with Crippen LogP contribution in [-0.2, 0) is 11.3 Å². The van der Waals surface area contributed by atoms with Gasteiger partial charge in [-0.1, -0.05) is 18.5 Å². The number of hydrogen-bond acceptors (Lipinski definition) is 3. The Bertz CT molecular complexity index is 459. The van der Waals surface area contributed by atoms with Gasteiger partial charge in [-0.05, 0) is 40.2 Å². The molecule has 1 unspecified atom stereocenters. The first-order valence-electron chi connectivity index (χ1n) is 6.49. The molecule has 0 spiro atoms. The van der Waals surface area contributed by atoms with Crippen LogP contribution < -0.4 is 5.32 Å². The van der Waals surface area contributed by atoms with E-state index in [9.17, 15) is 9.90 Å². The Morgan fingerprint density at radius 1 is 1.53 bits per heavy atom. The summed E-state index contributed by atoms with van der Waals surface area (Å²) in [4.78, 5) is 11.3. The first-order chi connectivity index (χ1) is 8.81. The molecule has 0 aliphatic heterocycles. The van der Waals surface area contributed by atoms with Crippen LogP contribution in [0, 0.1) is 13.8 Å². The zero-order valence-electron chi connectivity index (χ0n) is 12.0. The number of aromatic nitrogens is 2. The number of aryl methyl sites for hydroxylation is 2. The lowest BCUT2D eigenvalue weighted by Crippen LogP contribution is -2.49. The number of carboxylic acids is 1. The number of rotatable bonds is 7. The second-order valence-electron chi connectivity index (χ2n) is 4.98. The third-order valence-electron chi connectivity index (χ3n) is 3.38. The Hall–Kier alpha value is -1.07. The highest BCUT2D eigenvalue weighted by molar-refractivity contribution is 6.31. The minimum atomic E-state index is -0.880. The van der Waals surface area contributed by atoms with Gasteiger partial charge in [-0.3, -0.25) is 9.48 Å². The van der Waals surface area contributed by atoms with E-state index in [2.05, 4.69) is 10.4 Å². The third kappa shape index (κ3) is 3.70. The van der Waals surface area contributed by atoms with Gasteiger partial charge in [0.25, 0.3) is 0 Å². The molecular formula is C13H22ClN3O2. The van der Waals surface area contributed by atoms with Gasteiger partial charge in [-0.2, -0.15) is 5.10 Å². The summed E-state index contributed by atoms with van der Waals surface area (Å²) in [6, 6.07) is 0. The molecule has 1 heterocycles. The number of nitrogens with one attached hydrogen (secondary N) is 1. The van der Waals surface area contributed by atoms with E-state index in [0.29, 0.717) is 24.5 Å². The van der Waals surface area contributed by atoms with Crippen LogP contribution in [0.25, 0.3) is 0 Å². The van der Waals surface area contributed by atoms with E-state index in [4.69, 9.17) is 11.6 Å². The number of carboxylic acid groups (broad SMARTS) is 1. The molecule has 0 amide bonds. The summed E-state index contributed by atoms with van der Waals surface area (Å²) in [5.41, 5.74) is 0.862. The van der Waals surface area contributed by atoms with Crippen LogP contribution in [0.15, 0.2) is 0 Å². The number of nitrogens with zero attached hydrogens (tertiary/aromatic N) is 2. The van der Waals surface area contributed by atoms with Crippen LogP contribution in [0.2, 0.25) is 5.02 Å². The summed E-state index contributed by atoms with van der Waals surface area (Å²) in [7, 11) is 0. The molecule has 1 aromatic heterocycles. The summed E-state index contributed by atoms with van der Waals surface area (Å²) in [5.74, 6) is -0.819. The van der Waals surface area contributed by atoms with Gasteiger partial charge < -0.3 is 10.4 Å². The fourth-order valence-corrected chi connectivity index (χ4v) is 2.27. The molecule has 2 N–H and O–H groups in total. The molecule has 1 rings (SSSR count). The number of halogens is 1. The highest BCUT2D eigenvalue weighted by Crippen LogP contribution is 2.20. The maximum absolute atomic E-state index is 11.3. The number of hydrogen-bond donors (Lipinski definition) is 2. The lowest BCUT2D eigenvalue weighted by Gasteiger charge is -2.25. The van der Waals surface area contributed by atoms with Crippen LogP contribution in [0.1, 0.15) is 38.1 Å². The fourth-order valence-electron chi connectivity index (χ4n) is 2.14. The first-order valence-corrected chi connectivity index (χ1v) is 6.87. The average molecular weight is 288 g/mol. The van der Waals surface area contributed by atoms with Crippen molar-refractivity contribution in [2.24, 2.45) is 0 Å². The number of carbonyl (C=O) groups is 1. The van der Waals surface area contributed by atoms with E-state index in [1.54, 1.807) is 6.92 Å². The summed E-state index contributed by atoms with van der Waals surface area (Å²) in [6.45, 7) is 8.71.